The van der Waals surface area contributed by atoms with Crippen LogP contribution in [0.5, 0.6) is 0 Å². The maximum atomic E-state index is 12.0. The molecule has 0 saturated carbocycles. The SMILES string of the molecule is Cc1csc(=O)n1CCCC(=O)NC(CCO)C(C)(C)C. The van der Waals surface area contributed by atoms with Gasteiger partial charge in [0.2, 0.25) is 5.91 Å². The van der Waals surface area contributed by atoms with Crippen molar-refractivity contribution in [1.82, 2.24) is 9.88 Å². The summed E-state index contributed by atoms with van der Waals surface area (Å²) in [4.78, 5) is 23.6. The van der Waals surface area contributed by atoms with Gasteiger partial charge in [-0.15, -0.1) is 0 Å². The van der Waals surface area contributed by atoms with Crippen molar-refractivity contribution in [1.29, 1.82) is 0 Å². The molecule has 0 spiro atoms. The fraction of sp³-hybridized carbons (Fsp3) is 0.733. The molecule has 0 saturated heterocycles. The van der Waals surface area contributed by atoms with E-state index in [0.717, 1.165) is 5.69 Å². The summed E-state index contributed by atoms with van der Waals surface area (Å²) in [6.07, 6.45) is 1.58. The van der Waals surface area contributed by atoms with E-state index in [9.17, 15) is 9.59 Å². The maximum Gasteiger partial charge on any atom is 0.307 e. The highest BCUT2D eigenvalue weighted by molar-refractivity contribution is 7.07. The van der Waals surface area contributed by atoms with Gasteiger partial charge in [0.1, 0.15) is 0 Å². The molecule has 1 unspecified atom stereocenters. The average Bonchev–Trinajstić information content (AvgIpc) is 2.69. The number of hydrogen-bond acceptors (Lipinski definition) is 4. The third-order valence-corrected chi connectivity index (χ3v) is 4.44. The molecule has 6 heteroatoms. The summed E-state index contributed by atoms with van der Waals surface area (Å²) in [6, 6.07) is -0.0411. The van der Waals surface area contributed by atoms with E-state index in [2.05, 4.69) is 5.32 Å². The zero-order valence-corrected chi connectivity index (χ0v) is 14.1. The zero-order valence-electron chi connectivity index (χ0n) is 13.3. The van der Waals surface area contributed by atoms with Crippen LogP contribution in [-0.2, 0) is 11.3 Å². The number of carbonyl (C=O) groups is 1. The van der Waals surface area contributed by atoms with Crippen LogP contribution >= 0.6 is 11.3 Å². The molecule has 0 aliphatic carbocycles. The van der Waals surface area contributed by atoms with E-state index >= 15 is 0 Å². The summed E-state index contributed by atoms with van der Waals surface area (Å²) in [5.74, 6) is -0.0238. The lowest BCUT2D eigenvalue weighted by atomic mass is 9.85. The summed E-state index contributed by atoms with van der Waals surface area (Å²) < 4.78 is 1.70. The third kappa shape index (κ3) is 5.63. The van der Waals surface area contributed by atoms with E-state index in [0.29, 0.717) is 25.8 Å². The molecule has 1 aromatic rings. The Hall–Kier alpha value is -1.14. The summed E-state index contributed by atoms with van der Waals surface area (Å²) in [6.45, 7) is 8.66. The number of carbonyl (C=O) groups excluding carboxylic acids is 1. The van der Waals surface area contributed by atoms with E-state index in [1.165, 1.54) is 11.3 Å². The van der Waals surface area contributed by atoms with Gasteiger partial charge >= 0.3 is 4.87 Å². The summed E-state index contributed by atoms with van der Waals surface area (Å²) in [5, 5.41) is 13.9. The minimum Gasteiger partial charge on any atom is -0.396 e. The smallest absolute Gasteiger partial charge is 0.307 e. The van der Waals surface area contributed by atoms with Crippen LogP contribution in [0.15, 0.2) is 10.2 Å². The van der Waals surface area contributed by atoms with Crippen LogP contribution in [-0.4, -0.2) is 28.2 Å². The Kier molecular flexibility index (Phi) is 6.61. The first-order chi connectivity index (χ1) is 9.75. The second kappa shape index (κ2) is 7.75. The Morgan fingerprint density at radius 3 is 2.62 bits per heavy atom. The Labute approximate surface area is 130 Å². The molecule has 2 N–H and O–H groups in total. The van der Waals surface area contributed by atoms with Crippen molar-refractivity contribution in [2.24, 2.45) is 5.41 Å². The molecule has 1 aromatic heterocycles. The Morgan fingerprint density at radius 1 is 1.48 bits per heavy atom. The number of aliphatic hydroxyl groups is 1. The molecule has 1 atom stereocenters. The van der Waals surface area contributed by atoms with Crippen molar-refractivity contribution in [3.8, 4) is 0 Å². The van der Waals surface area contributed by atoms with Gasteiger partial charge in [-0.2, -0.15) is 0 Å². The molecule has 0 aliphatic rings. The maximum absolute atomic E-state index is 12.0. The summed E-state index contributed by atoms with van der Waals surface area (Å²) >= 11 is 1.19. The molecule has 0 aliphatic heterocycles. The first-order valence-corrected chi connectivity index (χ1v) is 8.19. The van der Waals surface area contributed by atoms with Crippen LogP contribution in [0, 0.1) is 12.3 Å². The largest absolute Gasteiger partial charge is 0.396 e. The van der Waals surface area contributed by atoms with Crippen molar-refractivity contribution in [2.45, 2.75) is 59.5 Å². The number of aliphatic hydroxyl groups excluding tert-OH is 1. The lowest BCUT2D eigenvalue weighted by Gasteiger charge is -2.31. The lowest BCUT2D eigenvalue weighted by molar-refractivity contribution is -0.122. The topological polar surface area (TPSA) is 71.3 Å². The van der Waals surface area contributed by atoms with E-state index in [-0.39, 0.29) is 28.8 Å². The van der Waals surface area contributed by atoms with Gasteiger partial charge < -0.3 is 15.0 Å². The van der Waals surface area contributed by atoms with Crippen LogP contribution < -0.4 is 10.2 Å². The van der Waals surface area contributed by atoms with Crippen LogP contribution in [0.4, 0.5) is 0 Å². The van der Waals surface area contributed by atoms with Gasteiger partial charge in [0.15, 0.2) is 0 Å². The molecular weight excluding hydrogens is 288 g/mol. The molecule has 0 bridgehead atoms. The average molecular weight is 314 g/mol. The van der Waals surface area contributed by atoms with Crippen LogP contribution in [0.25, 0.3) is 0 Å². The predicted octanol–water partition coefficient (Wildman–Crippen LogP) is 1.91. The lowest BCUT2D eigenvalue weighted by Crippen LogP contribution is -2.44. The second-order valence-corrected chi connectivity index (χ2v) is 7.22. The van der Waals surface area contributed by atoms with Gasteiger partial charge in [0, 0.05) is 36.7 Å². The van der Waals surface area contributed by atoms with Gasteiger partial charge in [-0.25, -0.2) is 0 Å². The molecule has 1 rings (SSSR count). The normalized spacial score (nSPS) is 13.2. The molecule has 0 radical (unpaired) electrons. The van der Waals surface area contributed by atoms with Crippen molar-refractivity contribution in [2.75, 3.05) is 6.61 Å². The predicted molar refractivity (Wildman–Crippen MR) is 85.6 cm³/mol. The number of aryl methyl sites for hydroxylation is 1. The van der Waals surface area contributed by atoms with Gasteiger partial charge in [-0.3, -0.25) is 9.59 Å². The molecule has 1 amide bonds. The van der Waals surface area contributed by atoms with E-state index in [4.69, 9.17) is 5.11 Å². The standard InChI is InChI=1S/C15H26N2O3S/c1-11-10-21-14(20)17(11)8-5-6-13(19)16-12(7-9-18)15(2,3)4/h10,12,18H,5-9H2,1-4H3,(H,16,19). The minimum absolute atomic E-state index is 0.0238. The van der Waals surface area contributed by atoms with E-state index < -0.39 is 0 Å². The highest BCUT2D eigenvalue weighted by Gasteiger charge is 2.25. The van der Waals surface area contributed by atoms with Crippen molar-refractivity contribution >= 4 is 17.2 Å². The van der Waals surface area contributed by atoms with Crippen molar-refractivity contribution < 1.29 is 9.90 Å². The first kappa shape index (κ1) is 17.9. The number of amides is 1. The van der Waals surface area contributed by atoms with Gasteiger partial charge in [0.05, 0.1) is 0 Å². The first-order valence-electron chi connectivity index (χ1n) is 7.31. The fourth-order valence-electron chi connectivity index (χ4n) is 2.19. The molecule has 0 aromatic carbocycles. The molecule has 1 heterocycles. The van der Waals surface area contributed by atoms with Crippen molar-refractivity contribution in [3.63, 3.8) is 0 Å². The van der Waals surface area contributed by atoms with Gasteiger partial charge in [-0.05, 0) is 25.2 Å². The zero-order chi connectivity index (χ0) is 16.0. The number of hydrogen-bond donors (Lipinski definition) is 2. The van der Waals surface area contributed by atoms with E-state index in [1.807, 2.05) is 33.1 Å². The Morgan fingerprint density at radius 2 is 2.14 bits per heavy atom. The monoisotopic (exact) mass is 314 g/mol. The second-order valence-electron chi connectivity index (χ2n) is 6.40. The number of nitrogens with zero attached hydrogens (tertiary/aromatic N) is 1. The van der Waals surface area contributed by atoms with Gasteiger partial charge in [-0.1, -0.05) is 32.1 Å². The molecule has 120 valence electrons. The molecular formula is C15H26N2O3S. The molecule has 21 heavy (non-hydrogen) atoms. The van der Waals surface area contributed by atoms with Crippen LogP contribution in [0.2, 0.25) is 0 Å². The quantitative estimate of drug-likeness (QED) is 0.807. The number of thiazole rings is 1. The number of aromatic nitrogens is 1. The van der Waals surface area contributed by atoms with Gasteiger partial charge in [0.25, 0.3) is 0 Å². The highest BCUT2D eigenvalue weighted by Crippen LogP contribution is 2.21. The highest BCUT2D eigenvalue weighted by atomic mass is 32.1. The molecule has 5 nitrogen and oxygen atoms in total. The Balaban J connectivity index is 2.45. The van der Waals surface area contributed by atoms with Crippen LogP contribution in [0.3, 0.4) is 0 Å². The third-order valence-electron chi connectivity index (χ3n) is 3.56. The van der Waals surface area contributed by atoms with Crippen molar-refractivity contribution in [3.05, 3.63) is 20.7 Å². The summed E-state index contributed by atoms with van der Waals surface area (Å²) in [7, 11) is 0. The van der Waals surface area contributed by atoms with E-state index in [1.54, 1.807) is 4.57 Å². The van der Waals surface area contributed by atoms with Crippen LogP contribution in [0.1, 0.15) is 45.7 Å². The number of nitrogens with one attached hydrogen (secondary N) is 1. The summed E-state index contributed by atoms with van der Waals surface area (Å²) in [5.41, 5.74) is 0.859. The number of rotatable bonds is 7. The molecule has 0 fully saturated rings. The fourth-order valence-corrected chi connectivity index (χ4v) is 2.95. The Bertz CT molecular complexity index is 514. The minimum atomic E-state index is -0.0841.